The first-order chi connectivity index (χ1) is 13.1. The third-order valence-electron chi connectivity index (χ3n) is 4.81. The van der Waals surface area contributed by atoms with Gasteiger partial charge in [0.1, 0.15) is 12.4 Å². The van der Waals surface area contributed by atoms with Gasteiger partial charge < -0.3 is 10.1 Å². The molecule has 8 heteroatoms. The highest BCUT2D eigenvalue weighted by molar-refractivity contribution is 5.90. The second-order valence-corrected chi connectivity index (χ2v) is 6.83. The van der Waals surface area contributed by atoms with Gasteiger partial charge in [0.05, 0.1) is 30.0 Å². The van der Waals surface area contributed by atoms with E-state index in [0.29, 0.717) is 35.8 Å². The SMILES string of the molecule is Cc1cccc2c(=O)n(CC(=O)Nc3ccnn3C[C@H]3CCOC3)cnc12. The van der Waals surface area contributed by atoms with Crippen LogP contribution in [-0.4, -0.2) is 38.5 Å². The fourth-order valence-electron chi connectivity index (χ4n) is 3.34. The van der Waals surface area contributed by atoms with E-state index in [-0.39, 0.29) is 18.0 Å². The average Bonchev–Trinajstić information content (AvgIpc) is 3.31. The molecule has 0 unspecified atom stereocenters. The van der Waals surface area contributed by atoms with Crippen LogP contribution >= 0.6 is 0 Å². The maximum Gasteiger partial charge on any atom is 0.261 e. The standard InChI is InChI=1S/C19H21N5O3/c1-13-3-2-4-15-18(13)20-12-23(19(15)26)10-17(25)22-16-5-7-21-24(16)9-14-6-8-27-11-14/h2-5,7,12,14H,6,8-11H2,1H3,(H,22,25)/t14-/m1/s1. The molecular formula is C19H21N5O3. The van der Waals surface area contributed by atoms with Gasteiger partial charge in [-0.05, 0) is 25.0 Å². The summed E-state index contributed by atoms with van der Waals surface area (Å²) in [7, 11) is 0. The molecule has 8 nitrogen and oxygen atoms in total. The highest BCUT2D eigenvalue weighted by Crippen LogP contribution is 2.17. The molecule has 2 aromatic heterocycles. The van der Waals surface area contributed by atoms with Crippen molar-refractivity contribution in [2.45, 2.75) is 26.4 Å². The molecule has 1 fully saturated rings. The summed E-state index contributed by atoms with van der Waals surface area (Å²) in [6.45, 7) is 3.98. The first-order valence-corrected chi connectivity index (χ1v) is 8.96. The van der Waals surface area contributed by atoms with E-state index in [1.54, 1.807) is 23.0 Å². The van der Waals surface area contributed by atoms with Crippen molar-refractivity contribution in [2.24, 2.45) is 5.92 Å². The molecule has 1 atom stereocenters. The number of aryl methyl sites for hydroxylation is 1. The monoisotopic (exact) mass is 367 g/mol. The molecule has 1 N–H and O–H groups in total. The number of nitrogens with one attached hydrogen (secondary N) is 1. The van der Waals surface area contributed by atoms with E-state index < -0.39 is 0 Å². The molecular weight excluding hydrogens is 346 g/mol. The largest absolute Gasteiger partial charge is 0.381 e. The van der Waals surface area contributed by atoms with E-state index in [1.807, 2.05) is 19.1 Å². The second-order valence-electron chi connectivity index (χ2n) is 6.83. The van der Waals surface area contributed by atoms with Gasteiger partial charge in [0.15, 0.2) is 0 Å². The highest BCUT2D eigenvalue weighted by Gasteiger charge is 2.18. The van der Waals surface area contributed by atoms with Gasteiger partial charge in [-0.25, -0.2) is 9.67 Å². The maximum absolute atomic E-state index is 12.6. The van der Waals surface area contributed by atoms with Gasteiger partial charge >= 0.3 is 0 Å². The number of hydrogen-bond donors (Lipinski definition) is 1. The Morgan fingerprint density at radius 1 is 1.37 bits per heavy atom. The van der Waals surface area contributed by atoms with Crippen molar-refractivity contribution < 1.29 is 9.53 Å². The van der Waals surface area contributed by atoms with Crippen LogP contribution in [0.4, 0.5) is 5.82 Å². The lowest BCUT2D eigenvalue weighted by Gasteiger charge is -2.13. The van der Waals surface area contributed by atoms with Crippen molar-refractivity contribution in [3.05, 3.63) is 52.7 Å². The molecule has 1 aliphatic heterocycles. The van der Waals surface area contributed by atoms with Gasteiger partial charge in [0.25, 0.3) is 5.56 Å². The van der Waals surface area contributed by atoms with Gasteiger partial charge in [0.2, 0.25) is 5.91 Å². The lowest BCUT2D eigenvalue weighted by Crippen LogP contribution is -2.29. The average molecular weight is 367 g/mol. The number of carbonyl (C=O) groups is 1. The van der Waals surface area contributed by atoms with Crippen LogP contribution in [-0.2, 0) is 22.6 Å². The molecule has 27 heavy (non-hydrogen) atoms. The normalized spacial score (nSPS) is 16.7. The Labute approximate surface area is 155 Å². The van der Waals surface area contributed by atoms with Crippen LogP contribution in [0.5, 0.6) is 0 Å². The second kappa shape index (κ2) is 7.32. The zero-order valence-electron chi connectivity index (χ0n) is 15.1. The molecule has 0 saturated carbocycles. The molecule has 1 saturated heterocycles. The van der Waals surface area contributed by atoms with Gasteiger partial charge in [-0.15, -0.1) is 0 Å². The summed E-state index contributed by atoms with van der Waals surface area (Å²) in [6.07, 6.45) is 4.06. The molecule has 1 amide bonds. The van der Waals surface area contributed by atoms with E-state index in [2.05, 4.69) is 15.4 Å². The van der Waals surface area contributed by atoms with E-state index in [1.165, 1.54) is 10.9 Å². The van der Waals surface area contributed by atoms with Crippen molar-refractivity contribution in [3.63, 3.8) is 0 Å². The molecule has 0 bridgehead atoms. The third kappa shape index (κ3) is 3.61. The Hall–Kier alpha value is -3.00. The number of rotatable bonds is 5. The maximum atomic E-state index is 12.6. The lowest BCUT2D eigenvalue weighted by atomic mass is 10.1. The number of fused-ring (bicyclic) bond motifs is 1. The van der Waals surface area contributed by atoms with Gasteiger partial charge in [-0.3, -0.25) is 14.2 Å². The fourth-order valence-corrected chi connectivity index (χ4v) is 3.34. The topological polar surface area (TPSA) is 91.0 Å². The Morgan fingerprint density at radius 3 is 3.07 bits per heavy atom. The Bertz CT molecular complexity index is 1030. The van der Waals surface area contributed by atoms with Crippen molar-refractivity contribution in [2.75, 3.05) is 18.5 Å². The molecule has 3 heterocycles. The number of nitrogens with zero attached hydrogens (tertiary/aromatic N) is 4. The minimum atomic E-state index is -0.296. The minimum Gasteiger partial charge on any atom is -0.381 e. The van der Waals surface area contributed by atoms with Crippen LogP contribution in [0.2, 0.25) is 0 Å². The number of amides is 1. The Morgan fingerprint density at radius 2 is 2.26 bits per heavy atom. The number of anilines is 1. The molecule has 4 rings (SSSR count). The number of aromatic nitrogens is 4. The smallest absolute Gasteiger partial charge is 0.261 e. The van der Waals surface area contributed by atoms with Crippen LogP contribution in [0.25, 0.3) is 10.9 Å². The highest BCUT2D eigenvalue weighted by atomic mass is 16.5. The molecule has 0 radical (unpaired) electrons. The van der Waals surface area contributed by atoms with Gasteiger partial charge in [0, 0.05) is 25.1 Å². The fraction of sp³-hybridized carbons (Fsp3) is 0.368. The van der Waals surface area contributed by atoms with Gasteiger partial charge in [-0.1, -0.05) is 12.1 Å². The zero-order valence-corrected chi connectivity index (χ0v) is 15.1. The van der Waals surface area contributed by atoms with Crippen LogP contribution in [0, 0.1) is 12.8 Å². The van der Waals surface area contributed by atoms with E-state index in [9.17, 15) is 9.59 Å². The zero-order chi connectivity index (χ0) is 18.8. The first-order valence-electron chi connectivity index (χ1n) is 8.96. The van der Waals surface area contributed by atoms with Crippen LogP contribution in [0.1, 0.15) is 12.0 Å². The lowest BCUT2D eigenvalue weighted by molar-refractivity contribution is -0.116. The summed E-state index contributed by atoms with van der Waals surface area (Å²) in [6, 6.07) is 7.20. The van der Waals surface area contributed by atoms with Crippen molar-refractivity contribution in [3.8, 4) is 0 Å². The number of para-hydroxylation sites is 1. The predicted octanol–water partition coefficient (Wildman–Crippen LogP) is 1.58. The Kier molecular flexibility index (Phi) is 4.72. The van der Waals surface area contributed by atoms with Crippen molar-refractivity contribution in [1.29, 1.82) is 0 Å². The summed E-state index contributed by atoms with van der Waals surface area (Å²) >= 11 is 0. The molecule has 140 valence electrons. The Balaban J connectivity index is 1.49. The number of hydrogen-bond acceptors (Lipinski definition) is 5. The van der Waals surface area contributed by atoms with Crippen molar-refractivity contribution in [1.82, 2.24) is 19.3 Å². The summed E-state index contributed by atoms with van der Waals surface area (Å²) < 4.78 is 8.48. The quantitative estimate of drug-likeness (QED) is 0.739. The molecule has 0 aliphatic carbocycles. The molecule has 1 aliphatic rings. The van der Waals surface area contributed by atoms with E-state index in [0.717, 1.165) is 18.6 Å². The number of benzene rings is 1. The molecule has 0 spiro atoms. The van der Waals surface area contributed by atoms with Crippen LogP contribution in [0.15, 0.2) is 41.6 Å². The van der Waals surface area contributed by atoms with Crippen molar-refractivity contribution >= 4 is 22.6 Å². The molecule has 1 aromatic carbocycles. The third-order valence-corrected chi connectivity index (χ3v) is 4.81. The van der Waals surface area contributed by atoms with Gasteiger partial charge in [-0.2, -0.15) is 5.10 Å². The van der Waals surface area contributed by atoms with Crippen LogP contribution in [0.3, 0.4) is 0 Å². The minimum absolute atomic E-state index is 0.104. The summed E-state index contributed by atoms with van der Waals surface area (Å²) in [4.78, 5) is 29.4. The molecule has 3 aromatic rings. The number of ether oxygens (including phenoxy) is 1. The predicted molar refractivity (Wildman–Crippen MR) is 101 cm³/mol. The van der Waals surface area contributed by atoms with Crippen LogP contribution < -0.4 is 10.9 Å². The summed E-state index contributed by atoms with van der Waals surface area (Å²) in [5, 5.41) is 7.62. The summed E-state index contributed by atoms with van der Waals surface area (Å²) in [5.41, 5.74) is 1.37. The summed E-state index contributed by atoms with van der Waals surface area (Å²) in [5.74, 6) is 0.718. The van der Waals surface area contributed by atoms with E-state index in [4.69, 9.17) is 4.74 Å². The number of carbonyl (C=O) groups excluding carboxylic acids is 1. The first kappa shape index (κ1) is 17.4. The van der Waals surface area contributed by atoms with E-state index >= 15 is 0 Å².